The van der Waals surface area contributed by atoms with Crippen LogP contribution in [0.2, 0.25) is 0 Å². The second kappa shape index (κ2) is 7.11. The number of alkyl halides is 1. The molecule has 2 atom stereocenters. The lowest BCUT2D eigenvalue weighted by Crippen LogP contribution is -2.42. The summed E-state index contributed by atoms with van der Waals surface area (Å²) in [5, 5.41) is 4.11. The van der Waals surface area contributed by atoms with Crippen molar-refractivity contribution >= 4 is 21.8 Å². The third-order valence-electron chi connectivity index (χ3n) is 3.83. The van der Waals surface area contributed by atoms with E-state index in [-0.39, 0.29) is 17.9 Å². The Labute approximate surface area is 129 Å². The molecule has 1 aromatic carbocycles. The van der Waals surface area contributed by atoms with Crippen LogP contribution in [0.3, 0.4) is 0 Å². The Morgan fingerprint density at radius 3 is 2.90 bits per heavy atom. The molecule has 0 bridgehead atoms. The van der Waals surface area contributed by atoms with E-state index in [1.807, 2.05) is 24.3 Å². The lowest BCUT2D eigenvalue weighted by Gasteiger charge is -2.28. The van der Waals surface area contributed by atoms with Gasteiger partial charge in [0.2, 0.25) is 5.91 Å². The van der Waals surface area contributed by atoms with Gasteiger partial charge in [0.15, 0.2) is 0 Å². The summed E-state index contributed by atoms with van der Waals surface area (Å²) in [4.78, 5) is 12.6. The van der Waals surface area contributed by atoms with Crippen molar-refractivity contribution in [3.8, 4) is 5.75 Å². The molecule has 1 heterocycles. The molecule has 0 aliphatic carbocycles. The molecule has 0 aromatic heterocycles. The fourth-order valence-corrected chi connectivity index (χ4v) is 3.08. The second-order valence-corrected chi connectivity index (χ2v) is 6.36. The minimum atomic E-state index is -0.0866. The van der Waals surface area contributed by atoms with Crippen molar-refractivity contribution in [1.29, 1.82) is 0 Å². The highest BCUT2D eigenvalue weighted by molar-refractivity contribution is 9.09. The van der Waals surface area contributed by atoms with Crippen molar-refractivity contribution in [2.75, 3.05) is 11.9 Å². The molecule has 1 aliphatic heterocycles. The van der Waals surface area contributed by atoms with Crippen molar-refractivity contribution in [3.63, 3.8) is 0 Å². The van der Waals surface area contributed by atoms with Gasteiger partial charge in [-0.05, 0) is 24.8 Å². The Morgan fingerprint density at radius 1 is 1.45 bits per heavy atom. The van der Waals surface area contributed by atoms with E-state index in [1.54, 1.807) is 0 Å². The van der Waals surface area contributed by atoms with Crippen LogP contribution in [0, 0.1) is 5.92 Å². The molecule has 4 heteroatoms. The van der Waals surface area contributed by atoms with Crippen molar-refractivity contribution < 1.29 is 9.53 Å². The summed E-state index contributed by atoms with van der Waals surface area (Å²) in [6, 6.07) is 8.06. The van der Waals surface area contributed by atoms with Crippen LogP contribution in [0.1, 0.15) is 38.2 Å². The first-order valence-electron chi connectivity index (χ1n) is 7.21. The summed E-state index contributed by atoms with van der Waals surface area (Å²) in [5.41, 5.74) is 1.01. The van der Waals surface area contributed by atoms with Gasteiger partial charge in [-0.25, -0.2) is 0 Å². The average Bonchev–Trinajstić information content (AvgIpc) is 2.46. The Hall–Kier alpha value is -1.03. The highest BCUT2D eigenvalue weighted by Gasteiger charge is 2.29. The molecule has 0 fully saturated rings. The van der Waals surface area contributed by atoms with Crippen LogP contribution in [0.25, 0.3) is 0 Å². The smallest absolute Gasteiger partial charge is 0.228 e. The summed E-state index contributed by atoms with van der Waals surface area (Å²) in [5.74, 6) is 1.32. The highest BCUT2D eigenvalue weighted by atomic mass is 79.9. The van der Waals surface area contributed by atoms with Gasteiger partial charge in [-0.2, -0.15) is 0 Å². The number of nitrogens with one attached hydrogen (secondary N) is 1. The fourth-order valence-electron chi connectivity index (χ4n) is 2.59. The third kappa shape index (κ3) is 3.54. The van der Waals surface area contributed by atoms with Gasteiger partial charge in [-0.15, -0.1) is 0 Å². The molecule has 20 heavy (non-hydrogen) atoms. The summed E-state index contributed by atoms with van der Waals surface area (Å²) >= 11 is 3.46. The molecule has 3 nitrogen and oxygen atoms in total. The first kappa shape index (κ1) is 15.4. The van der Waals surface area contributed by atoms with Crippen LogP contribution in [-0.4, -0.2) is 23.9 Å². The molecule has 1 N–H and O–H groups in total. The van der Waals surface area contributed by atoms with Gasteiger partial charge in [-0.3, -0.25) is 4.79 Å². The molecular formula is C16H22BrNO2. The van der Waals surface area contributed by atoms with Crippen molar-refractivity contribution in [2.24, 2.45) is 5.92 Å². The number of rotatable bonds is 5. The minimum Gasteiger partial charge on any atom is -0.493 e. The molecule has 0 radical (unpaired) electrons. The molecule has 0 saturated carbocycles. The number of ether oxygens (including phenoxy) is 1. The van der Waals surface area contributed by atoms with E-state index in [2.05, 4.69) is 35.1 Å². The Morgan fingerprint density at radius 2 is 2.20 bits per heavy atom. The lowest BCUT2D eigenvalue weighted by molar-refractivity contribution is -0.124. The molecule has 110 valence electrons. The Bertz CT molecular complexity index is 462. The topological polar surface area (TPSA) is 38.3 Å². The van der Waals surface area contributed by atoms with Gasteiger partial charge in [0, 0.05) is 16.9 Å². The fraction of sp³-hybridized carbons (Fsp3) is 0.562. The zero-order valence-electron chi connectivity index (χ0n) is 12.1. The summed E-state index contributed by atoms with van der Waals surface area (Å²) < 4.78 is 5.62. The number of fused-ring (bicyclic) bond motifs is 1. The molecule has 2 rings (SSSR count). The second-order valence-electron chi connectivity index (χ2n) is 5.56. The van der Waals surface area contributed by atoms with E-state index in [9.17, 15) is 4.79 Å². The predicted molar refractivity (Wildman–Crippen MR) is 84.5 cm³/mol. The quantitative estimate of drug-likeness (QED) is 0.834. The van der Waals surface area contributed by atoms with Gasteiger partial charge < -0.3 is 10.1 Å². The third-order valence-corrected chi connectivity index (χ3v) is 4.29. The summed E-state index contributed by atoms with van der Waals surface area (Å²) in [6.45, 7) is 4.90. The largest absolute Gasteiger partial charge is 0.493 e. The molecule has 0 saturated heterocycles. The van der Waals surface area contributed by atoms with Crippen molar-refractivity contribution in [3.05, 3.63) is 29.8 Å². The monoisotopic (exact) mass is 339 g/mol. The maximum absolute atomic E-state index is 12.6. The number of para-hydroxylation sites is 1. The van der Waals surface area contributed by atoms with Gasteiger partial charge in [-0.1, -0.05) is 48.0 Å². The summed E-state index contributed by atoms with van der Waals surface area (Å²) in [6.07, 6.45) is 1.70. The van der Waals surface area contributed by atoms with Crippen molar-refractivity contribution in [1.82, 2.24) is 5.32 Å². The first-order valence-corrected chi connectivity index (χ1v) is 8.33. The van der Waals surface area contributed by atoms with Crippen LogP contribution in [0.15, 0.2) is 24.3 Å². The zero-order chi connectivity index (χ0) is 14.5. The van der Waals surface area contributed by atoms with E-state index >= 15 is 0 Å². The first-order chi connectivity index (χ1) is 9.63. The van der Waals surface area contributed by atoms with Crippen LogP contribution in [0.5, 0.6) is 5.75 Å². The lowest BCUT2D eigenvalue weighted by atomic mass is 9.91. The molecule has 2 unspecified atom stereocenters. The normalized spacial score (nSPS) is 19.1. The highest BCUT2D eigenvalue weighted by Crippen LogP contribution is 2.33. The van der Waals surface area contributed by atoms with Crippen LogP contribution < -0.4 is 10.1 Å². The number of hydrogen-bond acceptors (Lipinski definition) is 2. The molecule has 1 aromatic rings. The van der Waals surface area contributed by atoms with E-state index < -0.39 is 0 Å². The number of halogens is 1. The SMILES string of the molecule is CC(C)C(CCBr)NC(=O)C1CCOc2ccccc21. The number of hydrogen-bond donors (Lipinski definition) is 1. The Balaban J connectivity index is 2.10. The number of carbonyl (C=O) groups excluding carboxylic acids is 1. The van der Waals surface area contributed by atoms with Gasteiger partial charge in [0.25, 0.3) is 0 Å². The Kier molecular flexibility index (Phi) is 5.46. The van der Waals surface area contributed by atoms with Gasteiger partial charge >= 0.3 is 0 Å². The number of benzene rings is 1. The molecule has 1 amide bonds. The molecular weight excluding hydrogens is 318 g/mol. The van der Waals surface area contributed by atoms with Gasteiger partial charge in [0.1, 0.15) is 5.75 Å². The standard InChI is InChI=1S/C16H22BrNO2/c1-11(2)14(7-9-17)18-16(19)13-8-10-20-15-6-4-3-5-12(13)15/h3-6,11,13-14H,7-10H2,1-2H3,(H,18,19). The maximum Gasteiger partial charge on any atom is 0.228 e. The maximum atomic E-state index is 12.6. The van der Waals surface area contributed by atoms with E-state index in [0.717, 1.165) is 29.5 Å². The summed E-state index contributed by atoms with van der Waals surface area (Å²) in [7, 11) is 0. The zero-order valence-corrected chi connectivity index (χ0v) is 13.7. The van der Waals surface area contributed by atoms with Gasteiger partial charge in [0.05, 0.1) is 12.5 Å². The van der Waals surface area contributed by atoms with Crippen molar-refractivity contribution in [2.45, 2.75) is 38.6 Å². The van der Waals surface area contributed by atoms with E-state index in [1.165, 1.54) is 0 Å². The number of amides is 1. The van der Waals surface area contributed by atoms with Crippen LogP contribution in [0.4, 0.5) is 0 Å². The van der Waals surface area contributed by atoms with Crippen LogP contribution >= 0.6 is 15.9 Å². The van der Waals surface area contributed by atoms with E-state index in [0.29, 0.717) is 12.5 Å². The minimum absolute atomic E-state index is 0.0866. The average molecular weight is 340 g/mol. The number of carbonyl (C=O) groups is 1. The molecule has 1 aliphatic rings. The predicted octanol–water partition coefficient (Wildman–Crippen LogP) is 3.48. The van der Waals surface area contributed by atoms with Crippen LogP contribution in [-0.2, 0) is 4.79 Å². The van der Waals surface area contributed by atoms with E-state index in [4.69, 9.17) is 4.74 Å². The molecule has 0 spiro atoms.